The van der Waals surface area contributed by atoms with Crippen molar-refractivity contribution >= 4 is 21.6 Å². The van der Waals surface area contributed by atoms with Crippen molar-refractivity contribution in [2.24, 2.45) is 7.05 Å². The molecule has 0 saturated carbocycles. The van der Waals surface area contributed by atoms with E-state index in [0.717, 1.165) is 0 Å². The maximum atomic E-state index is 12.3. The van der Waals surface area contributed by atoms with E-state index < -0.39 is 27.5 Å². The molecule has 1 unspecified atom stereocenters. The summed E-state index contributed by atoms with van der Waals surface area (Å²) in [5, 5.41) is 0. The van der Waals surface area contributed by atoms with E-state index in [1.807, 2.05) is 4.90 Å². The third-order valence-corrected chi connectivity index (χ3v) is 5.23. The lowest BCUT2D eigenvalue weighted by atomic mass is 10.1. The highest BCUT2D eigenvalue weighted by molar-refractivity contribution is 7.85. The van der Waals surface area contributed by atoms with E-state index in [1.54, 1.807) is 37.2 Å². The van der Waals surface area contributed by atoms with Crippen LogP contribution in [0.5, 0.6) is 0 Å². The second-order valence-electron chi connectivity index (χ2n) is 5.96. The lowest BCUT2D eigenvalue weighted by Crippen LogP contribution is -2.35. The minimum absolute atomic E-state index is 0.222. The molecular formula is C16H18N4O5S. The maximum absolute atomic E-state index is 12.3. The monoisotopic (exact) mass is 378 g/mol. The van der Waals surface area contributed by atoms with Crippen LogP contribution in [-0.2, 0) is 17.2 Å². The van der Waals surface area contributed by atoms with Gasteiger partial charge in [-0.1, -0.05) is 18.2 Å². The third-order valence-electron chi connectivity index (χ3n) is 4.36. The largest absolute Gasteiger partial charge is 0.343 e. The van der Waals surface area contributed by atoms with Crippen LogP contribution in [0.25, 0.3) is 0 Å². The summed E-state index contributed by atoms with van der Waals surface area (Å²) in [6.07, 6.45) is 1.20. The number of hydrogen-bond acceptors (Lipinski definition) is 6. The zero-order valence-corrected chi connectivity index (χ0v) is 15.0. The van der Waals surface area contributed by atoms with E-state index in [-0.39, 0.29) is 4.90 Å². The number of H-pyrrole nitrogens is 1. The molecule has 0 amide bonds. The predicted molar refractivity (Wildman–Crippen MR) is 97.2 cm³/mol. The smallest absolute Gasteiger partial charge is 0.329 e. The van der Waals surface area contributed by atoms with Crippen molar-refractivity contribution in [2.45, 2.75) is 11.1 Å². The average molecular weight is 378 g/mol. The number of anilines is 2. The van der Waals surface area contributed by atoms with E-state index in [1.165, 1.54) is 16.7 Å². The predicted octanol–water partition coefficient (Wildman–Crippen LogP) is 0.461. The van der Waals surface area contributed by atoms with Crippen LogP contribution in [-0.4, -0.2) is 36.1 Å². The van der Waals surface area contributed by atoms with E-state index in [4.69, 9.17) is 4.55 Å². The highest BCUT2D eigenvalue weighted by Crippen LogP contribution is 2.42. The molecule has 3 rings (SSSR count). The van der Waals surface area contributed by atoms with E-state index in [2.05, 4.69) is 11.6 Å². The van der Waals surface area contributed by atoms with Gasteiger partial charge >= 0.3 is 5.69 Å². The Morgan fingerprint density at radius 3 is 2.38 bits per heavy atom. The summed E-state index contributed by atoms with van der Waals surface area (Å²) >= 11 is 0. The van der Waals surface area contributed by atoms with Crippen LogP contribution < -0.4 is 21.0 Å². The molecule has 1 aliphatic rings. The summed E-state index contributed by atoms with van der Waals surface area (Å²) in [5.41, 5.74) is -0.0158. The first-order valence-corrected chi connectivity index (χ1v) is 9.12. The Kier molecular flexibility index (Phi) is 4.24. The molecule has 0 aliphatic carbocycles. The first-order valence-electron chi connectivity index (χ1n) is 7.68. The van der Waals surface area contributed by atoms with Crippen LogP contribution in [0.3, 0.4) is 0 Å². The normalized spacial score (nSPS) is 16.7. The molecule has 0 saturated heterocycles. The lowest BCUT2D eigenvalue weighted by molar-refractivity contribution is 0.483. The van der Waals surface area contributed by atoms with Gasteiger partial charge < -0.3 is 9.80 Å². The van der Waals surface area contributed by atoms with Crippen LogP contribution in [0.15, 0.2) is 51.4 Å². The SMILES string of the molecule is C=CCN1c2c(c(=O)[nH]c(=O)n2C)N(C)C1c1ccc(S(=O)(=O)O)cc1. The third kappa shape index (κ3) is 2.72. The Morgan fingerprint density at radius 2 is 1.85 bits per heavy atom. The van der Waals surface area contributed by atoms with Crippen molar-refractivity contribution in [3.8, 4) is 0 Å². The van der Waals surface area contributed by atoms with Crippen LogP contribution in [0.2, 0.25) is 0 Å². The van der Waals surface area contributed by atoms with E-state index >= 15 is 0 Å². The van der Waals surface area contributed by atoms with Crippen LogP contribution in [0.4, 0.5) is 11.5 Å². The summed E-state index contributed by atoms with van der Waals surface area (Å²) < 4.78 is 33.0. The van der Waals surface area contributed by atoms with Crippen molar-refractivity contribution in [3.63, 3.8) is 0 Å². The van der Waals surface area contributed by atoms with Crippen molar-refractivity contribution in [3.05, 3.63) is 63.3 Å². The van der Waals surface area contributed by atoms with E-state index in [0.29, 0.717) is 23.6 Å². The van der Waals surface area contributed by atoms with Crippen molar-refractivity contribution in [1.82, 2.24) is 9.55 Å². The van der Waals surface area contributed by atoms with Crippen LogP contribution in [0, 0.1) is 0 Å². The van der Waals surface area contributed by atoms with Gasteiger partial charge in [0.15, 0.2) is 0 Å². The van der Waals surface area contributed by atoms with E-state index in [9.17, 15) is 18.0 Å². The van der Waals surface area contributed by atoms with Gasteiger partial charge in [0.25, 0.3) is 15.7 Å². The fraction of sp³-hybridized carbons (Fsp3) is 0.250. The van der Waals surface area contributed by atoms with Crippen LogP contribution >= 0.6 is 0 Å². The lowest BCUT2D eigenvalue weighted by Gasteiger charge is -2.30. The summed E-state index contributed by atoms with van der Waals surface area (Å²) in [5.74, 6) is 0.449. The Hall–Kier alpha value is -2.85. The second kappa shape index (κ2) is 6.15. The van der Waals surface area contributed by atoms with Gasteiger partial charge in [-0.3, -0.25) is 18.9 Å². The minimum Gasteiger partial charge on any atom is -0.343 e. The molecule has 0 bridgehead atoms. The Balaban J connectivity index is 2.18. The molecule has 2 heterocycles. The minimum atomic E-state index is -4.30. The number of nitrogens with zero attached hydrogens (tertiary/aromatic N) is 3. The molecular weight excluding hydrogens is 360 g/mol. The quantitative estimate of drug-likeness (QED) is 0.586. The van der Waals surface area contributed by atoms with Gasteiger partial charge in [-0.25, -0.2) is 4.79 Å². The molecule has 0 spiro atoms. The number of rotatable bonds is 4. The van der Waals surface area contributed by atoms with Gasteiger partial charge in [0, 0.05) is 20.6 Å². The summed E-state index contributed by atoms with van der Waals surface area (Å²) in [4.78, 5) is 29.9. The van der Waals surface area contributed by atoms with Gasteiger partial charge in [-0.15, -0.1) is 6.58 Å². The Bertz CT molecular complexity index is 1090. The van der Waals surface area contributed by atoms with Crippen LogP contribution in [0.1, 0.15) is 11.7 Å². The zero-order valence-electron chi connectivity index (χ0n) is 14.2. The average Bonchev–Trinajstić information content (AvgIpc) is 2.85. The maximum Gasteiger partial charge on any atom is 0.329 e. The fourth-order valence-electron chi connectivity index (χ4n) is 3.23. The molecule has 26 heavy (non-hydrogen) atoms. The molecule has 9 nitrogen and oxygen atoms in total. The number of benzene rings is 1. The van der Waals surface area contributed by atoms with Gasteiger partial charge in [0.05, 0.1) is 4.90 Å². The summed E-state index contributed by atoms with van der Waals surface area (Å²) in [6, 6.07) is 5.69. The highest BCUT2D eigenvalue weighted by Gasteiger charge is 2.38. The number of aromatic amines is 1. The zero-order chi connectivity index (χ0) is 19.2. The molecule has 2 aromatic rings. The first-order chi connectivity index (χ1) is 12.2. The molecule has 10 heteroatoms. The fourth-order valence-corrected chi connectivity index (χ4v) is 3.71. The van der Waals surface area contributed by atoms with Gasteiger partial charge in [0.1, 0.15) is 17.7 Å². The highest BCUT2D eigenvalue weighted by atomic mass is 32.2. The molecule has 1 aliphatic heterocycles. The van der Waals surface area contributed by atoms with Gasteiger partial charge in [-0.05, 0) is 17.7 Å². The molecule has 0 radical (unpaired) electrons. The molecule has 0 fully saturated rings. The standard InChI is InChI=1S/C16H18N4O5S/c1-4-9-20-14(10-5-7-11(8-6-10)26(23,24)25)18(2)12-13(21)17-16(22)19(3)15(12)20/h4-8,14H,1,9H2,2-3H3,(H,17,21,22)(H,23,24,25). The second-order valence-corrected chi connectivity index (χ2v) is 7.38. The van der Waals surface area contributed by atoms with Gasteiger partial charge in [0.2, 0.25) is 0 Å². The Labute approximate surface area is 149 Å². The summed E-state index contributed by atoms with van der Waals surface area (Å²) in [7, 11) is -1.03. The first kappa shape index (κ1) is 18.0. The summed E-state index contributed by atoms with van der Waals surface area (Å²) in [6.45, 7) is 4.09. The topological polar surface area (TPSA) is 116 Å². The number of fused-ring (bicyclic) bond motifs is 1. The Morgan fingerprint density at radius 1 is 1.23 bits per heavy atom. The number of nitrogens with one attached hydrogen (secondary N) is 1. The molecule has 2 N–H and O–H groups in total. The van der Waals surface area contributed by atoms with Crippen molar-refractivity contribution in [1.29, 1.82) is 0 Å². The van der Waals surface area contributed by atoms with Gasteiger partial charge in [-0.2, -0.15) is 8.42 Å². The number of hydrogen-bond donors (Lipinski definition) is 2. The molecule has 1 aromatic carbocycles. The molecule has 1 atom stereocenters. The van der Waals surface area contributed by atoms with Crippen molar-refractivity contribution < 1.29 is 13.0 Å². The van der Waals surface area contributed by atoms with Crippen molar-refractivity contribution in [2.75, 3.05) is 23.4 Å². The molecule has 138 valence electrons. The number of aromatic nitrogens is 2. The molecule has 1 aromatic heterocycles.